The van der Waals surface area contributed by atoms with Crippen molar-refractivity contribution in [3.05, 3.63) is 64.7 Å². The number of carbonyl (C=O) groups is 1. The number of aliphatic imine (C=N–C) groups is 1. The van der Waals surface area contributed by atoms with Crippen LogP contribution in [-0.4, -0.2) is 36.9 Å². The van der Waals surface area contributed by atoms with Crippen LogP contribution in [0.4, 0.5) is 5.69 Å². The Balaban J connectivity index is 2.14. The average molecular weight is 359 g/mol. The smallest absolute Gasteiger partial charge is 0.325 e. The maximum absolute atomic E-state index is 11.8. The molecule has 0 saturated carbocycles. The van der Waals surface area contributed by atoms with Gasteiger partial charge in [0.1, 0.15) is 11.5 Å². The summed E-state index contributed by atoms with van der Waals surface area (Å²) in [6, 6.07) is 15.3. The maximum Gasteiger partial charge on any atom is 0.325 e. The third kappa shape index (κ3) is 3.32. The summed E-state index contributed by atoms with van der Waals surface area (Å²) in [5.41, 5.74) is 3.43. The number of nitrogens with zero attached hydrogens (tertiary/aromatic N) is 2. The molecule has 4 nitrogen and oxygen atoms in total. The normalized spacial score (nSPS) is 13.8. The van der Waals surface area contributed by atoms with E-state index in [1.807, 2.05) is 42.5 Å². The lowest BCUT2D eigenvalue weighted by atomic mass is 10.0. The number of thiocarbonyl (C=S) groups is 1. The molecule has 1 heterocycles. The fourth-order valence-corrected chi connectivity index (χ4v) is 2.99. The van der Waals surface area contributed by atoms with E-state index < -0.39 is 0 Å². The van der Waals surface area contributed by atoms with Crippen molar-refractivity contribution in [2.75, 3.05) is 25.1 Å². The third-order valence-corrected chi connectivity index (χ3v) is 4.32. The van der Waals surface area contributed by atoms with Crippen molar-refractivity contribution in [2.45, 2.75) is 0 Å². The van der Waals surface area contributed by atoms with Gasteiger partial charge in [-0.15, -0.1) is 0 Å². The Labute approximate surface area is 150 Å². The molecule has 24 heavy (non-hydrogen) atoms. The van der Waals surface area contributed by atoms with E-state index >= 15 is 0 Å². The number of halogens is 1. The van der Waals surface area contributed by atoms with Crippen molar-refractivity contribution < 1.29 is 9.53 Å². The van der Waals surface area contributed by atoms with Gasteiger partial charge in [-0.25, -0.2) is 0 Å². The summed E-state index contributed by atoms with van der Waals surface area (Å²) >= 11 is 11.7. The molecule has 0 bridgehead atoms. The SMILES string of the molecule is COC(=O)CN1C(=S)CN=C(c2ccccc2)c2cc(Cl)ccc21. The quantitative estimate of drug-likeness (QED) is 0.622. The Bertz CT molecular complexity index is 821. The summed E-state index contributed by atoms with van der Waals surface area (Å²) in [7, 11) is 1.36. The van der Waals surface area contributed by atoms with Crippen molar-refractivity contribution in [1.29, 1.82) is 0 Å². The second-order valence-electron chi connectivity index (χ2n) is 5.25. The van der Waals surface area contributed by atoms with E-state index in [2.05, 4.69) is 4.99 Å². The van der Waals surface area contributed by atoms with Crippen LogP contribution >= 0.6 is 23.8 Å². The first-order chi connectivity index (χ1) is 11.6. The van der Waals surface area contributed by atoms with Crippen molar-refractivity contribution in [3.63, 3.8) is 0 Å². The first-order valence-corrected chi connectivity index (χ1v) is 8.15. The molecule has 122 valence electrons. The Morgan fingerprint density at radius 3 is 2.75 bits per heavy atom. The highest BCUT2D eigenvalue weighted by Crippen LogP contribution is 2.30. The average Bonchev–Trinajstić information content (AvgIpc) is 2.73. The number of ether oxygens (including phenoxy) is 1. The van der Waals surface area contributed by atoms with Gasteiger partial charge in [-0.3, -0.25) is 9.79 Å². The van der Waals surface area contributed by atoms with Crippen molar-refractivity contribution in [2.24, 2.45) is 4.99 Å². The number of fused-ring (bicyclic) bond motifs is 1. The predicted molar refractivity (Wildman–Crippen MR) is 100 cm³/mol. The number of esters is 1. The summed E-state index contributed by atoms with van der Waals surface area (Å²) in [5, 5.41) is 0.600. The second-order valence-corrected chi connectivity index (χ2v) is 6.16. The molecule has 0 amide bonds. The monoisotopic (exact) mass is 358 g/mol. The van der Waals surface area contributed by atoms with E-state index in [1.54, 1.807) is 11.0 Å². The standard InChI is InChI=1S/C18H15ClN2O2S/c1-23-17(22)11-21-15-8-7-13(19)9-14(15)18(20-10-16(21)24)12-5-3-2-4-6-12/h2-9H,10-11H2,1H3. The lowest BCUT2D eigenvalue weighted by Crippen LogP contribution is -2.36. The molecule has 0 radical (unpaired) electrons. The van der Waals surface area contributed by atoms with Crippen LogP contribution in [0.5, 0.6) is 0 Å². The number of rotatable bonds is 3. The van der Waals surface area contributed by atoms with Crippen LogP contribution in [0.3, 0.4) is 0 Å². The van der Waals surface area contributed by atoms with Crippen LogP contribution in [0.1, 0.15) is 11.1 Å². The van der Waals surface area contributed by atoms with E-state index in [0.29, 0.717) is 16.6 Å². The highest BCUT2D eigenvalue weighted by atomic mass is 35.5. The predicted octanol–water partition coefficient (Wildman–Crippen LogP) is 3.50. The molecule has 2 aromatic rings. The fourth-order valence-electron chi connectivity index (χ4n) is 2.59. The molecule has 0 aliphatic carbocycles. The second kappa shape index (κ2) is 7.11. The number of hydrogen-bond donors (Lipinski definition) is 0. The van der Waals surface area contributed by atoms with Crippen molar-refractivity contribution in [1.82, 2.24) is 0 Å². The molecule has 1 aliphatic rings. The molecule has 0 atom stereocenters. The first kappa shape index (κ1) is 16.6. The number of methoxy groups -OCH3 is 1. The van der Waals surface area contributed by atoms with Gasteiger partial charge in [0.25, 0.3) is 0 Å². The summed E-state index contributed by atoms with van der Waals surface area (Å²) in [4.78, 5) is 18.8. The molecule has 0 spiro atoms. The van der Waals surface area contributed by atoms with Gasteiger partial charge < -0.3 is 9.64 Å². The fraction of sp³-hybridized carbons (Fsp3) is 0.167. The summed E-state index contributed by atoms with van der Waals surface area (Å²) in [6.07, 6.45) is 0. The van der Waals surface area contributed by atoms with Gasteiger partial charge in [-0.2, -0.15) is 0 Å². The van der Waals surface area contributed by atoms with Crippen LogP contribution < -0.4 is 4.90 Å². The summed E-state index contributed by atoms with van der Waals surface area (Å²) < 4.78 is 4.79. The van der Waals surface area contributed by atoms with E-state index in [9.17, 15) is 4.79 Å². The topological polar surface area (TPSA) is 41.9 Å². The van der Waals surface area contributed by atoms with Gasteiger partial charge in [-0.1, -0.05) is 54.2 Å². The first-order valence-electron chi connectivity index (χ1n) is 7.37. The van der Waals surface area contributed by atoms with Gasteiger partial charge >= 0.3 is 5.97 Å². The minimum Gasteiger partial charge on any atom is -0.468 e. The molecular weight excluding hydrogens is 344 g/mol. The van der Waals surface area contributed by atoms with Crippen LogP contribution in [0.2, 0.25) is 5.02 Å². The molecule has 0 unspecified atom stereocenters. The van der Waals surface area contributed by atoms with E-state index in [0.717, 1.165) is 22.5 Å². The Hall–Kier alpha value is -2.24. The van der Waals surface area contributed by atoms with Gasteiger partial charge in [0, 0.05) is 16.1 Å². The van der Waals surface area contributed by atoms with E-state index in [4.69, 9.17) is 28.6 Å². The Morgan fingerprint density at radius 2 is 2.04 bits per heavy atom. The summed E-state index contributed by atoms with van der Waals surface area (Å²) in [6.45, 7) is 0.365. The zero-order valence-electron chi connectivity index (χ0n) is 13.0. The largest absolute Gasteiger partial charge is 0.468 e. The molecule has 0 fully saturated rings. The zero-order chi connectivity index (χ0) is 17.1. The third-order valence-electron chi connectivity index (χ3n) is 3.74. The Kier molecular flexibility index (Phi) is 4.92. The van der Waals surface area contributed by atoms with Gasteiger partial charge in [0.2, 0.25) is 0 Å². The highest BCUT2D eigenvalue weighted by molar-refractivity contribution is 7.80. The molecule has 6 heteroatoms. The van der Waals surface area contributed by atoms with Crippen LogP contribution in [-0.2, 0) is 9.53 Å². The molecule has 0 saturated heterocycles. The zero-order valence-corrected chi connectivity index (χ0v) is 14.6. The number of carbonyl (C=O) groups excluding carboxylic acids is 1. The van der Waals surface area contributed by atoms with Crippen LogP contribution in [0, 0.1) is 0 Å². The van der Waals surface area contributed by atoms with Gasteiger partial charge in [0.05, 0.1) is 25.1 Å². The number of hydrogen-bond acceptors (Lipinski definition) is 4. The molecule has 1 aliphatic heterocycles. The minimum atomic E-state index is -0.360. The Morgan fingerprint density at radius 1 is 1.29 bits per heavy atom. The van der Waals surface area contributed by atoms with Crippen molar-refractivity contribution >= 4 is 46.2 Å². The molecule has 2 aromatic carbocycles. The van der Waals surface area contributed by atoms with Crippen molar-refractivity contribution in [3.8, 4) is 0 Å². The van der Waals surface area contributed by atoms with Gasteiger partial charge in [0.15, 0.2) is 0 Å². The van der Waals surface area contributed by atoms with E-state index in [-0.39, 0.29) is 12.5 Å². The van der Waals surface area contributed by atoms with Crippen LogP contribution in [0.25, 0.3) is 0 Å². The number of benzene rings is 2. The van der Waals surface area contributed by atoms with Crippen LogP contribution in [0.15, 0.2) is 53.5 Å². The molecule has 3 rings (SSSR count). The lowest BCUT2D eigenvalue weighted by Gasteiger charge is -2.24. The minimum absolute atomic E-state index is 0.0432. The molecular formula is C18H15ClN2O2S. The molecule has 0 aromatic heterocycles. The summed E-state index contributed by atoms with van der Waals surface area (Å²) in [5.74, 6) is -0.360. The number of benzodiazepines with no additional fused rings is 1. The highest BCUT2D eigenvalue weighted by Gasteiger charge is 2.25. The lowest BCUT2D eigenvalue weighted by molar-refractivity contribution is -0.138. The number of anilines is 1. The maximum atomic E-state index is 11.8. The van der Waals surface area contributed by atoms with Gasteiger partial charge in [-0.05, 0) is 18.2 Å². The van der Waals surface area contributed by atoms with E-state index in [1.165, 1.54) is 7.11 Å². The molecule has 0 N–H and O–H groups in total.